The van der Waals surface area contributed by atoms with Crippen molar-refractivity contribution in [2.24, 2.45) is 5.41 Å². The van der Waals surface area contributed by atoms with Crippen molar-refractivity contribution in [1.82, 2.24) is 0 Å². The molecule has 1 saturated carbocycles. The third-order valence-electron chi connectivity index (χ3n) is 4.07. The van der Waals surface area contributed by atoms with Gasteiger partial charge in [-0.1, -0.05) is 13.8 Å². The minimum absolute atomic E-state index is 0.132. The van der Waals surface area contributed by atoms with Crippen molar-refractivity contribution in [3.63, 3.8) is 0 Å². The number of amides is 1. The zero-order chi connectivity index (χ0) is 14.9. The van der Waals surface area contributed by atoms with Crippen LogP contribution in [0, 0.1) is 5.41 Å². The molecule has 0 saturated heterocycles. The van der Waals surface area contributed by atoms with E-state index in [1.807, 2.05) is 32.0 Å². The summed E-state index contributed by atoms with van der Waals surface area (Å²) in [7, 11) is 1.57. The van der Waals surface area contributed by atoms with Crippen LogP contribution in [0.1, 0.15) is 27.2 Å². The second kappa shape index (κ2) is 5.32. The number of hydrogen-bond donors (Lipinski definition) is 3. The number of ether oxygens (including phenoxy) is 1. The first-order valence-corrected chi connectivity index (χ1v) is 6.75. The highest BCUT2D eigenvalue weighted by Crippen LogP contribution is 2.42. The lowest BCUT2D eigenvalue weighted by atomic mass is 9.64. The van der Waals surface area contributed by atoms with Crippen molar-refractivity contribution in [2.45, 2.75) is 39.3 Å². The van der Waals surface area contributed by atoms with E-state index in [1.165, 1.54) is 6.92 Å². The van der Waals surface area contributed by atoms with Crippen molar-refractivity contribution in [1.29, 1.82) is 0 Å². The summed E-state index contributed by atoms with van der Waals surface area (Å²) in [5, 5.41) is 15.9. The fraction of sp³-hybridized carbons (Fsp3) is 0.533. The Balaban J connectivity index is 2.12. The van der Waals surface area contributed by atoms with Gasteiger partial charge in [0.15, 0.2) is 0 Å². The third-order valence-corrected chi connectivity index (χ3v) is 4.07. The van der Waals surface area contributed by atoms with Gasteiger partial charge in [0, 0.05) is 30.1 Å². The SMILES string of the molecule is COc1cc(NC2CC(O)C2(C)C)ccc1NC(C)=O. The smallest absolute Gasteiger partial charge is 0.221 e. The molecule has 1 aliphatic rings. The minimum Gasteiger partial charge on any atom is -0.494 e. The molecule has 0 aliphatic heterocycles. The highest BCUT2D eigenvalue weighted by Gasteiger charge is 2.47. The first-order valence-electron chi connectivity index (χ1n) is 6.75. The van der Waals surface area contributed by atoms with E-state index in [0.717, 1.165) is 12.1 Å². The molecule has 0 radical (unpaired) electrons. The van der Waals surface area contributed by atoms with Gasteiger partial charge in [-0.25, -0.2) is 0 Å². The van der Waals surface area contributed by atoms with Gasteiger partial charge in [-0.2, -0.15) is 0 Å². The lowest BCUT2D eigenvalue weighted by molar-refractivity contribution is -0.114. The van der Waals surface area contributed by atoms with Crippen LogP contribution in [0.3, 0.4) is 0 Å². The first kappa shape index (κ1) is 14.7. The minimum atomic E-state index is -0.263. The maximum atomic E-state index is 11.1. The van der Waals surface area contributed by atoms with Crippen molar-refractivity contribution < 1.29 is 14.6 Å². The molecule has 2 unspecified atom stereocenters. The summed E-state index contributed by atoms with van der Waals surface area (Å²) in [5.41, 5.74) is 1.43. The largest absolute Gasteiger partial charge is 0.494 e. The fourth-order valence-electron chi connectivity index (χ4n) is 2.42. The van der Waals surface area contributed by atoms with E-state index < -0.39 is 0 Å². The van der Waals surface area contributed by atoms with Crippen LogP contribution in [0.2, 0.25) is 0 Å². The number of rotatable bonds is 4. The topological polar surface area (TPSA) is 70.6 Å². The highest BCUT2D eigenvalue weighted by molar-refractivity contribution is 5.90. The Morgan fingerprint density at radius 1 is 1.45 bits per heavy atom. The Labute approximate surface area is 119 Å². The van der Waals surface area contributed by atoms with Gasteiger partial charge in [0.2, 0.25) is 5.91 Å². The molecule has 2 atom stereocenters. The van der Waals surface area contributed by atoms with Crippen molar-refractivity contribution >= 4 is 17.3 Å². The van der Waals surface area contributed by atoms with E-state index >= 15 is 0 Å². The van der Waals surface area contributed by atoms with E-state index in [2.05, 4.69) is 10.6 Å². The Hall–Kier alpha value is -1.75. The lowest BCUT2D eigenvalue weighted by Gasteiger charge is -2.49. The molecule has 110 valence electrons. The summed E-state index contributed by atoms with van der Waals surface area (Å²) >= 11 is 0. The number of carbonyl (C=O) groups excluding carboxylic acids is 1. The van der Waals surface area contributed by atoms with E-state index in [0.29, 0.717) is 11.4 Å². The molecule has 2 rings (SSSR count). The van der Waals surface area contributed by atoms with Gasteiger partial charge < -0.3 is 20.5 Å². The van der Waals surface area contributed by atoms with Crippen LogP contribution in [0.15, 0.2) is 18.2 Å². The summed E-state index contributed by atoms with van der Waals surface area (Å²) in [6.07, 6.45) is 0.475. The van der Waals surface area contributed by atoms with Crippen molar-refractivity contribution in [3.05, 3.63) is 18.2 Å². The first-order chi connectivity index (χ1) is 9.34. The maximum Gasteiger partial charge on any atom is 0.221 e. The number of nitrogens with one attached hydrogen (secondary N) is 2. The Morgan fingerprint density at radius 2 is 2.15 bits per heavy atom. The fourth-order valence-corrected chi connectivity index (χ4v) is 2.42. The van der Waals surface area contributed by atoms with Gasteiger partial charge >= 0.3 is 0 Å². The zero-order valence-electron chi connectivity index (χ0n) is 12.4. The standard InChI is InChI=1S/C15H22N2O3/c1-9(18)16-11-6-5-10(7-12(11)20-4)17-13-8-14(19)15(13,2)3/h5-7,13-14,17,19H,8H2,1-4H3,(H,16,18). The van der Waals surface area contributed by atoms with E-state index in [1.54, 1.807) is 7.11 Å². The van der Waals surface area contributed by atoms with Crippen LogP contribution < -0.4 is 15.4 Å². The molecule has 1 amide bonds. The van der Waals surface area contributed by atoms with Crippen LogP contribution >= 0.6 is 0 Å². The van der Waals surface area contributed by atoms with Crippen LogP contribution in [0.25, 0.3) is 0 Å². The quantitative estimate of drug-likeness (QED) is 0.790. The van der Waals surface area contributed by atoms with Gasteiger partial charge in [-0.3, -0.25) is 4.79 Å². The molecule has 0 spiro atoms. The van der Waals surface area contributed by atoms with Crippen LogP contribution in [0.5, 0.6) is 5.75 Å². The Kier molecular flexibility index (Phi) is 3.90. The van der Waals surface area contributed by atoms with Crippen LogP contribution in [-0.2, 0) is 4.79 Å². The van der Waals surface area contributed by atoms with E-state index in [9.17, 15) is 9.90 Å². The summed E-state index contributed by atoms with van der Waals surface area (Å²) in [6, 6.07) is 5.79. The summed E-state index contributed by atoms with van der Waals surface area (Å²) in [6.45, 7) is 5.55. The maximum absolute atomic E-state index is 11.1. The van der Waals surface area contributed by atoms with Gasteiger partial charge in [0.1, 0.15) is 5.75 Å². The van der Waals surface area contributed by atoms with E-state index in [4.69, 9.17) is 4.74 Å². The molecule has 0 heterocycles. The van der Waals surface area contributed by atoms with Crippen LogP contribution in [0.4, 0.5) is 11.4 Å². The molecular formula is C15H22N2O3. The third kappa shape index (κ3) is 2.72. The summed E-state index contributed by atoms with van der Waals surface area (Å²) in [4.78, 5) is 11.1. The molecule has 1 aromatic carbocycles. The van der Waals surface area contributed by atoms with Crippen molar-refractivity contribution in [3.8, 4) is 5.75 Å². The predicted octanol–water partition coefficient (Wildman–Crippen LogP) is 2.22. The Bertz CT molecular complexity index is 514. The highest BCUT2D eigenvalue weighted by atomic mass is 16.5. The number of aliphatic hydroxyl groups excluding tert-OH is 1. The van der Waals surface area contributed by atoms with Gasteiger partial charge in [0.25, 0.3) is 0 Å². The monoisotopic (exact) mass is 278 g/mol. The molecule has 0 bridgehead atoms. The lowest BCUT2D eigenvalue weighted by Crippen LogP contribution is -2.56. The van der Waals surface area contributed by atoms with Crippen LogP contribution in [-0.4, -0.2) is 30.3 Å². The summed E-state index contributed by atoms with van der Waals surface area (Å²) < 4.78 is 5.29. The van der Waals surface area contributed by atoms with Crippen molar-refractivity contribution in [2.75, 3.05) is 17.7 Å². The number of benzene rings is 1. The normalized spacial score (nSPS) is 23.6. The average molecular weight is 278 g/mol. The summed E-state index contributed by atoms with van der Waals surface area (Å²) in [5.74, 6) is 0.482. The van der Waals surface area contributed by atoms with Gasteiger partial charge in [-0.05, 0) is 18.6 Å². The molecule has 20 heavy (non-hydrogen) atoms. The molecule has 1 aromatic rings. The number of anilines is 2. The second-order valence-corrected chi connectivity index (χ2v) is 5.87. The van der Waals surface area contributed by atoms with E-state index in [-0.39, 0.29) is 23.5 Å². The Morgan fingerprint density at radius 3 is 2.65 bits per heavy atom. The predicted molar refractivity (Wildman–Crippen MR) is 79.1 cm³/mol. The number of aliphatic hydroxyl groups is 1. The van der Waals surface area contributed by atoms with Gasteiger partial charge in [0.05, 0.1) is 18.9 Å². The zero-order valence-corrected chi connectivity index (χ0v) is 12.4. The second-order valence-electron chi connectivity index (χ2n) is 5.87. The molecule has 3 N–H and O–H groups in total. The molecule has 1 aliphatic carbocycles. The molecular weight excluding hydrogens is 256 g/mol. The van der Waals surface area contributed by atoms with Gasteiger partial charge in [-0.15, -0.1) is 0 Å². The average Bonchev–Trinajstić information content (AvgIpc) is 2.39. The molecule has 1 fully saturated rings. The molecule has 5 nitrogen and oxygen atoms in total. The molecule has 0 aromatic heterocycles. The molecule has 5 heteroatoms. The number of methoxy groups -OCH3 is 1. The number of carbonyl (C=O) groups is 1. The number of hydrogen-bond acceptors (Lipinski definition) is 4.